The third kappa shape index (κ3) is 2.68. The molecule has 0 spiro atoms. The molecule has 0 unspecified atom stereocenters. The van der Waals surface area contributed by atoms with Crippen LogP contribution in [0.15, 0.2) is 6.07 Å². The Bertz CT molecular complexity index is 281. The summed E-state index contributed by atoms with van der Waals surface area (Å²) in [5, 5.41) is 0. The second-order valence-electron chi connectivity index (χ2n) is 3.55. The number of rotatable bonds is 3. The first-order chi connectivity index (χ1) is 6.13. The van der Waals surface area contributed by atoms with Crippen molar-refractivity contribution >= 4 is 5.95 Å². The predicted octanol–water partition coefficient (Wildman–Crippen LogP) is 2.13. The number of anilines is 1. The number of hydrogen-bond donors (Lipinski definition) is 1. The molecular weight excluding hydrogens is 162 g/mol. The van der Waals surface area contributed by atoms with Crippen molar-refractivity contribution in [1.82, 2.24) is 9.97 Å². The molecule has 3 nitrogen and oxygen atoms in total. The van der Waals surface area contributed by atoms with Crippen molar-refractivity contribution in [3.05, 3.63) is 17.5 Å². The lowest BCUT2D eigenvalue weighted by Gasteiger charge is -2.07. The Kier molecular flexibility index (Phi) is 3.23. The molecule has 1 rings (SSSR count). The number of nitrogens with two attached hydrogens (primary N) is 1. The summed E-state index contributed by atoms with van der Waals surface area (Å²) in [5.41, 5.74) is 7.70. The Morgan fingerprint density at radius 2 is 2.08 bits per heavy atom. The fourth-order valence-corrected chi connectivity index (χ4v) is 1.22. The average molecular weight is 179 g/mol. The summed E-state index contributed by atoms with van der Waals surface area (Å²) in [7, 11) is 0. The summed E-state index contributed by atoms with van der Waals surface area (Å²) in [6.07, 6.45) is 2.07. The molecule has 0 saturated heterocycles. The Morgan fingerprint density at radius 1 is 1.38 bits per heavy atom. The van der Waals surface area contributed by atoms with E-state index in [4.69, 9.17) is 5.73 Å². The normalized spacial score (nSPS) is 10.8. The van der Waals surface area contributed by atoms with E-state index in [-0.39, 0.29) is 0 Å². The quantitative estimate of drug-likeness (QED) is 0.773. The zero-order chi connectivity index (χ0) is 9.84. The van der Waals surface area contributed by atoms with Gasteiger partial charge in [0.25, 0.3) is 0 Å². The van der Waals surface area contributed by atoms with Crippen molar-refractivity contribution in [2.24, 2.45) is 0 Å². The summed E-state index contributed by atoms with van der Waals surface area (Å²) >= 11 is 0. The molecule has 0 aliphatic rings. The van der Waals surface area contributed by atoms with E-state index in [0.29, 0.717) is 11.9 Å². The lowest BCUT2D eigenvalue weighted by atomic mass is 10.1. The number of nitrogen functional groups attached to an aromatic ring is 1. The van der Waals surface area contributed by atoms with Gasteiger partial charge in [0.2, 0.25) is 5.95 Å². The van der Waals surface area contributed by atoms with Gasteiger partial charge in [0.15, 0.2) is 0 Å². The number of hydrogen-bond acceptors (Lipinski definition) is 3. The van der Waals surface area contributed by atoms with E-state index in [0.717, 1.165) is 24.2 Å². The SMILES string of the molecule is CCCc1cc(C(C)C)nc(N)n1. The molecule has 0 fully saturated rings. The third-order valence-corrected chi connectivity index (χ3v) is 1.91. The van der Waals surface area contributed by atoms with Gasteiger partial charge in [0.05, 0.1) is 0 Å². The minimum atomic E-state index is 0.398. The van der Waals surface area contributed by atoms with Crippen molar-refractivity contribution in [3.8, 4) is 0 Å². The molecule has 0 amide bonds. The Hall–Kier alpha value is -1.12. The predicted molar refractivity (Wildman–Crippen MR) is 54.5 cm³/mol. The molecule has 0 atom stereocenters. The van der Waals surface area contributed by atoms with Crippen LogP contribution in [0.2, 0.25) is 0 Å². The highest BCUT2D eigenvalue weighted by Crippen LogP contribution is 2.14. The Balaban J connectivity index is 2.96. The van der Waals surface area contributed by atoms with Crippen molar-refractivity contribution < 1.29 is 0 Å². The third-order valence-electron chi connectivity index (χ3n) is 1.91. The second-order valence-corrected chi connectivity index (χ2v) is 3.55. The minimum Gasteiger partial charge on any atom is -0.368 e. The summed E-state index contributed by atoms with van der Waals surface area (Å²) in [6.45, 7) is 6.35. The zero-order valence-corrected chi connectivity index (χ0v) is 8.54. The van der Waals surface area contributed by atoms with Crippen LogP contribution in [0.25, 0.3) is 0 Å². The maximum atomic E-state index is 5.61. The lowest BCUT2D eigenvalue weighted by molar-refractivity contribution is 0.795. The molecule has 1 aromatic heterocycles. The second kappa shape index (κ2) is 4.21. The van der Waals surface area contributed by atoms with Crippen LogP contribution in [0.3, 0.4) is 0 Å². The van der Waals surface area contributed by atoms with E-state index in [1.54, 1.807) is 0 Å². The van der Waals surface area contributed by atoms with Crippen LogP contribution in [-0.4, -0.2) is 9.97 Å². The van der Waals surface area contributed by atoms with Crippen LogP contribution >= 0.6 is 0 Å². The van der Waals surface area contributed by atoms with Crippen molar-refractivity contribution in [2.45, 2.75) is 39.5 Å². The fourth-order valence-electron chi connectivity index (χ4n) is 1.22. The molecule has 0 aromatic carbocycles. The first-order valence-electron chi connectivity index (χ1n) is 4.76. The van der Waals surface area contributed by atoms with Gasteiger partial charge in [-0.05, 0) is 18.4 Å². The molecule has 0 saturated carbocycles. The first-order valence-corrected chi connectivity index (χ1v) is 4.76. The van der Waals surface area contributed by atoms with Crippen LogP contribution in [0, 0.1) is 0 Å². The monoisotopic (exact) mass is 179 g/mol. The van der Waals surface area contributed by atoms with E-state index in [9.17, 15) is 0 Å². The van der Waals surface area contributed by atoms with Gasteiger partial charge in [0.1, 0.15) is 0 Å². The highest BCUT2D eigenvalue weighted by Gasteiger charge is 2.04. The lowest BCUT2D eigenvalue weighted by Crippen LogP contribution is -2.04. The van der Waals surface area contributed by atoms with Gasteiger partial charge in [-0.1, -0.05) is 27.2 Å². The van der Waals surface area contributed by atoms with Gasteiger partial charge < -0.3 is 5.73 Å². The maximum absolute atomic E-state index is 5.61. The molecule has 2 N–H and O–H groups in total. The van der Waals surface area contributed by atoms with Crippen LogP contribution in [0.5, 0.6) is 0 Å². The van der Waals surface area contributed by atoms with Crippen LogP contribution < -0.4 is 5.73 Å². The summed E-state index contributed by atoms with van der Waals surface area (Å²) in [6, 6.07) is 2.05. The molecule has 0 aliphatic heterocycles. The van der Waals surface area contributed by atoms with Crippen molar-refractivity contribution in [3.63, 3.8) is 0 Å². The summed E-state index contributed by atoms with van der Waals surface area (Å²) in [5.74, 6) is 0.815. The molecule has 13 heavy (non-hydrogen) atoms. The Morgan fingerprint density at radius 3 is 2.62 bits per heavy atom. The summed E-state index contributed by atoms with van der Waals surface area (Å²) < 4.78 is 0. The van der Waals surface area contributed by atoms with E-state index >= 15 is 0 Å². The molecule has 0 bridgehead atoms. The Labute approximate surface area is 79.4 Å². The van der Waals surface area contributed by atoms with Gasteiger partial charge >= 0.3 is 0 Å². The highest BCUT2D eigenvalue weighted by molar-refractivity contribution is 5.24. The van der Waals surface area contributed by atoms with Crippen LogP contribution in [0.1, 0.15) is 44.5 Å². The van der Waals surface area contributed by atoms with E-state index in [1.807, 2.05) is 6.07 Å². The standard InChI is InChI=1S/C10H17N3/c1-4-5-8-6-9(7(2)3)13-10(11)12-8/h6-7H,4-5H2,1-3H3,(H2,11,12,13). The average Bonchev–Trinajstić information content (AvgIpc) is 2.03. The van der Waals surface area contributed by atoms with Crippen molar-refractivity contribution in [2.75, 3.05) is 5.73 Å². The largest absolute Gasteiger partial charge is 0.368 e. The van der Waals surface area contributed by atoms with Gasteiger partial charge in [-0.3, -0.25) is 0 Å². The van der Waals surface area contributed by atoms with Crippen LogP contribution in [0.4, 0.5) is 5.95 Å². The molecule has 0 radical (unpaired) electrons. The smallest absolute Gasteiger partial charge is 0.220 e. The molecule has 1 heterocycles. The van der Waals surface area contributed by atoms with Gasteiger partial charge in [-0.25, -0.2) is 9.97 Å². The minimum absolute atomic E-state index is 0.398. The van der Waals surface area contributed by atoms with Gasteiger partial charge in [-0.15, -0.1) is 0 Å². The molecule has 72 valence electrons. The van der Waals surface area contributed by atoms with E-state index in [2.05, 4.69) is 30.7 Å². The fraction of sp³-hybridized carbons (Fsp3) is 0.600. The maximum Gasteiger partial charge on any atom is 0.220 e. The van der Waals surface area contributed by atoms with Gasteiger partial charge in [-0.2, -0.15) is 0 Å². The molecule has 1 aromatic rings. The number of aromatic nitrogens is 2. The molecular formula is C10H17N3. The van der Waals surface area contributed by atoms with E-state index in [1.165, 1.54) is 0 Å². The molecule has 0 aliphatic carbocycles. The number of nitrogens with zero attached hydrogens (tertiary/aromatic N) is 2. The summed E-state index contributed by atoms with van der Waals surface area (Å²) in [4.78, 5) is 8.35. The van der Waals surface area contributed by atoms with Crippen LogP contribution in [-0.2, 0) is 6.42 Å². The number of aryl methyl sites for hydroxylation is 1. The highest BCUT2D eigenvalue weighted by atomic mass is 15.0. The van der Waals surface area contributed by atoms with Crippen molar-refractivity contribution in [1.29, 1.82) is 0 Å². The zero-order valence-electron chi connectivity index (χ0n) is 8.54. The first kappa shape index (κ1) is 9.96. The topological polar surface area (TPSA) is 51.8 Å². The van der Waals surface area contributed by atoms with Gasteiger partial charge in [0, 0.05) is 11.4 Å². The van der Waals surface area contributed by atoms with E-state index < -0.39 is 0 Å². The molecule has 3 heteroatoms.